The van der Waals surface area contributed by atoms with Gasteiger partial charge in [0.2, 0.25) is 0 Å². The Morgan fingerprint density at radius 3 is 2.79 bits per heavy atom. The fourth-order valence-corrected chi connectivity index (χ4v) is 3.01. The molecule has 1 amide bonds. The summed E-state index contributed by atoms with van der Waals surface area (Å²) in [6.45, 7) is 0.926. The van der Waals surface area contributed by atoms with Gasteiger partial charge in [0.05, 0.1) is 25.0 Å². The Kier molecular flexibility index (Phi) is 5.33. The number of aromatic nitrogens is 5. The molecule has 0 fully saturated rings. The van der Waals surface area contributed by atoms with Crippen LogP contribution < -0.4 is 10.1 Å². The van der Waals surface area contributed by atoms with E-state index in [9.17, 15) is 4.79 Å². The monoisotopic (exact) mass is 388 g/mol. The second-order valence-corrected chi connectivity index (χ2v) is 6.34. The quantitative estimate of drug-likeness (QED) is 0.507. The first-order valence-corrected chi connectivity index (χ1v) is 9.15. The Morgan fingerprint density at radius 2 is 2.03 bits per heavy atom. The van der Waals surface area contributed by atoms with Gasteiger partial charge in [-0.1, -0.05) is 12.1 Å². The highest BCUT2D eigenvalue weighted by atomic mass is 16.5. The SMILES string of the molecule is COc1cccc(-c2cc(-c3cccnc3)nn2CCNC(=O)c2ccn[nH]2)c1. The summed E-state index contributed by atoms with van der Waals surface area (Å²) in [6.07, 6.45) is 5.06. The maximum Gasteiger partial charge on any atom is 0.269 e. The lowest BCUT2D eigenvalue weighted by molar-refractivity contribution is 0.0947. The molecule has 0 unspecified atom stereocenters. The number of carbonyl (C=O) groups is 1. The number of amides is 1. The average molecular weight is 388 g/mol. The summed E-state index contributed by atoms with van der Waals surface area (Å²) in [5.74, 6) is 0.566. The van der Waals surface area contributed by atoms with Crippen LogP contribution in [0.25, 0.3) is 22.5 Å². The predicted octanol–water partition coefficient (Wildman–Crippen LogP) is 2.77. The van der Waals surface area contributed by atoms with Crippen molar-refractivity contribution >= 4 is 5.91 Å². The van der Waals surface area contributed by atoms with E-state index in [0.29, 0.717) is 18.8 Å². The van der Waals surface area contributed by atoms with Gasteiger partial charge in [0.1, 0.15) is 11.4 Å². The third-order valence-electron chi connectivity index (χ3n) is 4.46. The summed E-state index contributed by atoms with van der Waals surface area (Å²) < 4.78 is 7.23. The highest BCUT2D eigenvalue weighted by molar-refractivity contribution is 5.92. The average Bonchev–Trinajstić information content (AvgIpc) is 3.45. The first-order chi connectivity index (χ1) is 14.2. The number of aromatic amines is 1. The van der Waals surface area contributed by atoms with E-state index in [1.807, 2.05) is 47.1 Å². The van der Waals surface area contributed by atoms with E-state index in [1.165, 1.54) is 0 Å². The van der Waals surface area contributed by atoms with Crippen LogP contribution in [0, 0.1) is 0 Å². The first kappa shape index (κ1) is 18.4. The van der Waals surface area contributed by atoms with Gasteiger partial charge in [0.15, 0.2) is 0 Å². The molecule has 3 heterocycles. The minimum atomic E-state index is -0.204. The molecule has 0 bridgehead atoms. The number of pyridine rings is 1. The van der Waals surface area contributed by atoms with Gasteiger partial charge in [-0.2, -0.15) is 10.2 Å². The molecule has 4 aromatic rings. The van der Waals surface area contributed by atoms with Crippen LogP contribution in [0.3, 0.4) is 0 Å². The highest BCUT2D eigenvalue weighted by Crippen LogP contribution is 2.28. The van der Waals surface area contributed by atoms with Crippen LogP contribution in [-0.2, 0) is 6.54 Å². The molecular formula is C21H20N6O2. The molecule has 8 nitrogen and oxygen atoms in total. The number of ether oxygens (including phenoxy) is 1. The van der Waals surface area contributed by atoms with Gasteiger partial charge in [-0.15, -0.1) is 0 Å². The van der Waals surface area contributed by atoms with Gasteiger partial charge in [0.25, 0.3) is 5.91 Å². The normalized spacial score (nSPS) is 10.7. The molecular weight excluding hydrogens is 368 g/mol. The number of benzene rings is 1. The van der Waals surface area contributed by atoms with Gasteiger partial charge < -0.3 is 10.1 Å². The molecule has 0 spiro atoms. The summed E-state index contributed by atoms with van der Waals surface area (Å²) in [5, 5.41) is 14.1. The summed E-state index contributed by atoms with van der Waals surface area (Å²) in [5.41, 5.74) is 4.08. The minimum Gasteiger partial charge on any atom is -0.497 e. The van der Waals surface area contributed by atoms with Crippen molar-refractivity contribution < 1.29 is 9.53 Å². The molecule has 0 aliphatic rings. The number of hydrogen-bond donors (Lipinski definition) is 2. The van der Waals surface area contributed by atoms with E-state index in [-0.39, 0.29) is 5.91 Å². The van der Waals surface area contributed by atoms with Gasteiger partial charge in [-0.25, -0.2) is 0 Å². The van der Waals surface area contributed by atoms with Crippen molar-refractivity contribution in [3.63, 3.8) is 0 Å². The fourth-order valence-electron chi connectivity index (χ4n) is 3.01. The van der Waals surface area contributed by atoms with Crippen molar-refractivity contribution in [2.24, 2.45) is 0 Å². The molecule has 1 aromatic carbocycles. The molecule has 0 saturated carbocycles. The predicted molar refractivity (Wildman–Crippen MR) is 108 cm³/mol. The second kappa shape index (κ2) is 8.39. The van der Waals surface area contributed by atoms with Gasteiger partial charge in [0, 0.05) is 36.3 Å². The topological polar surface area (TPSA) is 97.7 Å². The molecule has 0 aliphatic carbocycles. The largest absolute Gasteiger partial charge is 0.497 e. The molecule has 0 saturated heterocycles. The van der Waals surface area contributed by atoms with E-state index in [2.05, 4.69) is 20.5 Å². The molecule has 0 aliphatic heterocycles. The summed E-state index contributed by atoms with van der Waals surface area (Å²) in [7, 11) is 1.64. The maximum atomic E-state index is 12.1. The van der Waals surface area contributed by atoms with Crippen molar-refractivity contribution in [2.75, 3.05) is 13.7 Å². The number of rotatable bonds is 7. The van der Waals surface area contributed by atoms with Gasteiger partial charge in [-0.05, 0) is 36.4 Å². The van der Waals surface area contributed by atoms with Crippen LogP contribution in [0.1, 0.15) is 10.5 Å². The van der Waals surface area contributed by atoms with Crippen LogP contribution in [0.5, 0.6) is 5.75 Å². The maximum absolute atomic E-state index is 12.1. The lowest BCUT2D eigenvalue weighted by Crippen LogP contribution is -2.28. The van der Waals surface area contributed by atoms with Crippen LogP contribution in [-0.4, -0.2) is 44.5 Å². The van der Waals surface area contributed by atoms with Crippen molar-refractivity contribution in [1.82, 2.24) is 30.3 Å². The zero-order valence-corrected chi connectivity index (χ0v) is 15.9. The molecule has 0 atom stereocenters. The van der Waals surface area contributed by atoms with E-state index < -0.39 is 0 Å². The molecule has 4 rings (SSSR count). The van der Waals surface area contributed by atoms with E-state index >= 15 is 0 Å². The van der Waals surface area contributed by atoms with Crippen LogP contribution in [0.15, 0.2) is 67.1 Å². The number of H-pyrrole nitrogens is 1. The number of carbonyl (C=O) groups excluding carboxylic acids is 1. The minimum absolute atomic E-state index is 0.204. The fraction of sp³-hybridized carbons (Fsp3) is 0.143. The van der Waals surface area contributed by atoms with Crippen molar-refractivity contribution in [3.8, 4) is 28.3 Å². The number of nitrogens with one attached hydrogen (secondary N) is 2. The third-order valence-corrected chi connectivity index (χ3v) is 4.46. The number of hydrogen-bond acceptors (Lipinski definition) is 5. The Labute approximate surface area is 167 Å². The Bertz CT molecular complexity index is 1090. The zero-order chi connectivity index (χ0) is 20.1. The van der Waals surface area contributed by atoms with Crippen molar-refractivity contribution in [1.29, 1.82) is 0 Å². The van der Waals surface area contributed by atoms with Gasteiger partial charge in [-0.3, -0.25) is 19.6 Å². The summed E-state index contributed by atoms with van der Waals surface area (Å²) in [6, 6.07) is 15.3. The van der Waals surface area contributed by atoms with Crippen LogP contribution >= 0.6 is 0 Å². The number of methoxy groups -OCH3 is 1. The Morgan fingerprint density at radius 1 is 1.14 bits per heavy atom. The first-order valence-electron chi connectivity index (χ1n) is 9.15. The Hall–Kier alpha value is -3.94. The van der Waals surface area contributed by atoms with E-state index in [4.69, 9.17) is 9.84 Å². The molecule has 146 valence electrons. The Balaban J connectivity index is 1.60. The van der Waals surface area contributed by atoms with E-state index in [1.54, 1.807) is 31.8 Å². The molecule has 3 aromatic heterocycles. The molecule has 2 N–H and O–H groups in total. The van der Waals surface area contributed by atoms with Crippen molar-refractivity contribution in [2.45, 2.75) is 6.54 Å². The number of nitrogens with zero attached hydrogens (tertiary/aromatic N) is 4. The summed E-state index contributed by atoms with van der Waals surface area (Å²) >= 11 is 0. The van der Waals surface area contributed by atoms with Crippen LogP contribution in [0.4, 0.5) is 0 Å². The van der Waals surface area contributed by atoms with Gasteiger partial charge >= 0.3 is 0 Å². The molecule has 8 heteroatoms. The molecule has 0 radical (unpaired) electrons. The van der Waals surface area contributed by atoms with E-state index in [0.717, 1.165) is 28.3 Å². The summed E-state index contributed by atoms with van der Waals surface area (Å²) in [4.78, 5) is 16.3. The lowest BCUT2D eigenvalue weighted by atomic mass is 10.1. The second-order valence-electron chi connectivity index (χ2n) is 6.34. The lowest BCUT2D eigenvalue weighted by Gasteiger charge is -2.09. The highest BCUT2D eigenvalue weighted by Gasteiger charge is 2.13. The van der Waals surface area contributed by atoms with Crippen molar-refractivity contribution in [3.05, 3.63) is 72.8 Å². The standard InChI is InChI=1S/C21H20N6O2/c1-29-17-6-2-4-15(12-17)20-13-19(16-5-3-8-22-14-16)26-27(20)11-10-23-21(28)18-7-9-24-25-18/h2-9,12-14H,10-11H2,1H3,(H,23,28)(H,24,25). The third kappa shape index (κ3) is 4.16. The molecule has 29 heavy (non-hydrogen) atoms. The smallest absolute Gasteiger partial charge is 0.269 e. The zero-order valence-electron chi connectivity index (χ0n) is 15.9. The van der Waals surface area contributed by atoms with Crippen LogP contribution in [0.2, 0.25) is 0 Å².